The first-order chi connectivity index (χ1) is 8.61. The molecule has 3 N–H and O–H groups in total. The Morgan fingerprint density at radius 3 is 2.83 bits per heavy atom. The standard InChI is InChI=1S/C13H28N4O/c1-16(10-12-7-9-17(2)11-12)8-5-3-4-6-13(18)15-14/h12H,3-11,14H2,1-2H3,(H,15,18). The van der Waals surface area contributed by atoms with Gasteiger partial charge in [-0.15, -0.1) is 0 Å². The number of nitrogens with one attached hydrogen (secondary N) is 1. The van der Waals surface area contributed by atoms with Gasteiger partial charge >= 0.3 is 0 Å². The molecule has 18 heavy (non-hydrogen) atoms. The Kier molecular flexibility index (Phi) is 7.23. The van der Waals surface area contributed by atoms with E-state index in [1.54, 1.807) is 0 Å². The predicted octanol–water partition coefficient (Wildman–Crippen LogP) is 0.420. The van der Waals surface area contributed by atoms with Crippen LogP contribution >= 0.6 is 0 Å². The van der Waals surface area contributed by atoms with Crippen molar-refractivity contribution in [2.24, 2.45) is 11.8 Å². The third-order valence-corrected chi connectivity index (χ3v) is 3.66. The lowest BCUT2D eigenvalue weighted by molar-refractivity contribution is -0.121. The van der Waals surface area contributed by atoms with Crippen LogP contribution in [-0.4, -0.2) is 56.0 Å². The summed E-state index contributed by atoms with van der Waals surface area (Å²) in [5.41, 5.74) is 2.16. The van der Waals surface area contributed by atoms with E-state index >= 15 is 0 Å². The van der Waals surface area contributed by atoms with Crippen LogP contribution < -0.4 is 11.3 Å². The molecule has 0 aromatic rings. The van der Waals surface area contributed by atoms with Crippen molar-refractivity contribution in [3.63, 3.8) is 0 Å². The summed E-state index contributed by atoms with van der Waals surface area (Å²) in [5, 5.41) is 0. The number of carbonyl (C=O) groups is 1. The van der Waals surface area contributed by atoms with Gasteiger partial charge in [-0.3, -0.25) is 10.2 Å². The molecule has 0 aromatic carbocycles. The van der Waals surface area contributed by atoms with Crippen molar-refractivity contribution in [3.8, 4) is 0 Å². The monoisotopic (exact) mass is 256 g/mol. The fraction of sp³-hybridized carbons (Fsp3) is 0.923. The van der Waals surface area contributed by atoms with Gasteiger partial charge < -0.3 is 9.80 Å². The summed E-state index contributed by atoms with van der Waals surface area (Å²) in [7, 11) is 4.40. The van der Waals surface area contributed by atoms with Crippen LogP contribution in [0.1, 0.15) is 32.1 Å². The summed E-state index contributed by atoms with van der Waals surface area (Å²) in [5.74, 6) is 5.80. The minimum Gasteiger partial charge on any atom is -0.306 e. The Labute approximate surface area is 111 Å². The number of hydrogen-bond acceptors (Lipinski definition) is 4. The highest BCUT2D eigenvalue weighted by Crippen LogP contribution is 2.15. The molecule has 1 atom stereocenters. The maximum Gasteiger partial charge on any atom is 0.233 e. The van der Waals surface area contributed by atoms with E-state index in [4.69, 9.17) is 5.84 Å². The Balaban J connectivity index is 1.96. The van der Waals surface area contributed by atoms with E-state index in [1.165, 1.54) is 26.1 Å². The van der Waals surface area contributed by atoms with Crippen molar-refractivity contribution in [1.29, 1.82) is 0 Å². The van der Waals surface area contributed by atoms with Crippen molar-refractivity contribution in [2.45, 2.75) is 32.1 Å². The molecule has 1 heterocycles. The number of carbonyl (C=O) groups excluding carboxylic acids is 1. The summed E-state index contributed by atoms with van der Waals surface area (Å²) in [6.07, 6.45) is 5.08. The summed E-state index contributed by atoms with van der Waals surface area (Å²) in [6.45, 7) is 4.81. The van der Waals surface area contributed by atoms with E-state index in [-0.39, 0.29) is 5.91 Å². The zero-order valence-electron chi connectivity index (χ0n) is 11.8. The average Bonchev–Trinajstić information content (AvgIpc) is 2.73. The van der Waals surface area contributed by atoms with E-state index in [9.17, 15) is 4.79 Å². The average molecular weight is 256 g/mol. The van der Waals surface area contributed by atoms with Crippen LogP contribution in [0.15, 0.2) is 0 Å². The van der Waals surface area contributed by atoms with Crippen LogP contribution in [0.5, 0.6) is 0 Å². The molecule has 0 spiro atoms. The zero-order chi connectivity index (χ0) is 13.4. The molecule has 0 saturated carbocycles. The van der Waals surface area contributed by atoms with Crippen molar-refractivity contribution in [3.05, 3.63) is 0 Å². The minimum absolute atomic E-state index is 0.0580. The molecule has 1 amide bonds. The van der Waals surface area contributed by atoms with Crippen LogP contribution in [0, 0.1) is 5.92 Å². The Morgan fingerprint density at radius 1 is 1.44 bits per heavy atom. The normalized spacial score (nSPS) is 20.6. The van der Waals surface area contributed by atoms with Crippen LogP contribution in [0.2, 0.25) is 0 Å². The molecule has 0 radical (unpaired) electrons. The molecule has 1 rings (SSSR count). The molecule has 0 bridgehead atoms. The lowest BCUT2D eigenvalue weighted by Crippen LogP contribution is -2.30. The van der Waals surface area contributed by atoms with Crippen molar-refractivity contribution in [2.75, 3.05) is 40.3 Å². The number of hydrogen-bond donors (Lipinski definition) is 2. The second kappa shape index (κ2) is 8.45. The first-order valence-corrected chi connectivity index (χ1v) is 6.98. The van der Waals surface area contributed by atoms with Crippen LogP contribution in [0.3, 0.4) is 0 Å². The number of likely N-dealkylation sites (tertiary alicyclic amines) is 1. The lowest BCUT2D eigenvalue weighted by atomic mass is 10.1. The van der Waals surface area contributed by atoms with Crippen LogP contribution in [0.4, 0.5) is 0 Å². The van der Waals surface area contributed by atoms with Gasteiger partial charge in [-0.2, -0.15) is 0 Å². The summed E-state index contributed by atoms with van der Waals surface area (Å²) in [4.78, 5) is 15.7. The second-order valence-electron chi connectivity index (χ2n) is 5.56. The van der Waals surface area contributed by atoms with Gasteiger partial charge in [0.25, 0.3) is 0 Å². The molecule has 5 heteroatoms. The van der Waals surface area contributed by atoms with Crippen molar-refractivity contribution in [1.82, 2.24) is 15.2 Å². The molecule has 0 aromatic heterocycles. The smallest absolute Gasteiger partial charge is 0.233 e. The van der Waals surface area contributed by atoms with Crippen molar-refractivity contribution < 1.29 is 4.79 Å². The summed E-state index contributed by atoms with van der Waals surface area (Å²) < 4.78 is 0. The molecule has 1 saturated heterocycles. The minimum atomic E-state index is -0.0580. The molecule has 1 aliphatic heterocycles. The number of hydrazine groups is 1. The van der Waals surface area contributed by atoms with E-state index in [2.05, 4.69) is 29.3 Å². The summed E-state index contributed by atoms with van der Waals surface area (Å²) in [6, 6.07) is 0. The number of nitrogens with two attached hydrogens (primary N) is 1. The van der Waals surface area contributed by atoms with Gasteiger partial charge in [0.2, 0.25) is 5.91 Å². The van der Waals surface area contributed by atoms with Crippen LogP contribution in [-0.2, 0) is 4.79 Å². The number of rotatable bonds is 8. The second-order valence-corrected chi connectivity index (χ2v) is 5.56. The topological polar surface area (TPSA) is 61.6 Å². The number of amides is 1. The lowest BCUT2D eigenvalue weighted by Gasteiger charge is -2.20. The van der Waals surface area contributed by atoms with Gasteiger partial charge in [0.1, 0.15) is 0 Å². The molecule has 106 valence electrons. The van der Waals surface area contributed by atoms with E-state index in [1.807, 2.05) is 0 Å². The highest BCUT2D eigenvalue weighted by atomic mass is 16.2. The van der Waals surface area contributed by atoms with E-state index in [0.717, 1.165) is 31.7 Å². The highest BCUT2D eigenvalue weighted by Gasteiger charge is 2.20. The van der Waals surface area contributed by atoms with Gasteiger partial charge in [-0.05, 0) is 52.4 Å². The quantitative estimate of drug-likeness (QED) is 0.286. The summed E-state index contributed by atoms with van der Waals surface area (Å²) >= 11 is 0. The fourth-order valence-electron chi connectivity index (χ4n) is 2.62. The molecule has 0 aliphatic carbocycles. The Hall–Kier alpha value is -0.650. The van der Waals surface area contributed by atoms with E-state index in [0.29, 0.717) is 6.42 Å². The Morgan fingerprint density at radius 2 is 2.22 bits per heavy atom. The SMILES string of the molecule is CN(CCCCCC(=O)NN)CC1CCN(C)C1. The fourth-order valence-corrected chi connectivity index (χ4v) is 2.62. The first-order valence-electron chi connectivity index (χ1n) is 6.98. The van der Waals surface area contributed by atoms with Gasteiger partial charge in [-0.1, -0.05) is 6.42 Å². The molecular formula is C13H28N4O. The predicted molar refractivity (Wildman–Crippen MR) is 73.9 cm³/mol. The molecule has 1 unspecified atom stereocenters. The van der Waals surface area contributed by atoms with Gasteiger partial charge in [0, 0.05) is 19.5 Å². The van der Waals surface area contributed by atoms with Gasteiger partial charge in [0.05, 0.1) is 0 Å². The zero-order valence-corrected chi connectivity index (χ0v) is 11.8. The highest BCUT2D eigenvalue weighted by molar-refractivity contribution is 5.74. The maximum absolute atomic E-state index is 10.9. The van der Waals surface area contributed by atoms with E-state index < -0.39 is 0 Å². The van der Waals surface area contributed by atoms with Gasteiger partial charge in [-0.25, -0.2) is 5.84 Å². The number of unbranched alkanes of at least 4 members (excludes halogenated alkanes) is 2. The third kappa shape index (κ3) is 6.33. The first kappa shape index (κ1) is 15.4. The Bertz CT molecular complexity index is 247. The third-order valence-electron chi connectivity index (χ3n) is 3.66. The molecule has 1 aliphatic rings. The molecule has 5 nitrogen and oxygen atoms in total. The largest absolute Gasteiger partial charge is 0.306 e. The maximum atomic E-state index is 10.9. The number of nitrogens with zero attached hydrogens (tertiary/aromatic N) is 2. The molecule has 1 fully saturated rings. The van der Waals surface area contributed by atoms with Gasteiger partial charge in [0.15, 0.2) is 0 Å². The molecular weight excluding hydrogens is 228 g/mol. The van der Waals surface area contributed by atoms with Crippen molar-refractivity contribution >= 4 is 5.91 Å². The van der Waals surface area contributed by atoms with Crippen LogP contribution in [0.25, 0.3) is 0 Å².